The number of fused-ring (bicyclic) bond motifs is 1. The van der Waals surface area contributed by atoms with Crippen LogP contribution in [0.25, 0.3) is 11.0 Å². The third-order valence-electron chi connectivity index (χ3n) is 4.49. The van der Waals surface area contributed by atoms with Crippen molar-refractivity contribution < 1.29 is 14.3 Å². The maximum Gasteiger partial charge on any atom is 0.310 e. The normalized spacial score (nSPS) is 17.9. The van der Waals surface area contributed by atoms with Crippen LogP contribution in [0.3, 0.4) is 0 Å². The van der Waals surface area contributed by atoms with E-state index < -0.39 is 0 Å². The molecule has 1 aliphatic rings. The average molecular weight is 329 g/mol. The van der Waals surface area contributed by atoms with Gasteiger partial charge in [-0.1, -0.05) is 12.1 Å². The van der Waals surface area contributed by atoms with E-state index >= 15 is 0 Å². The van der Waals surface area contributed by atoms with E-state index in [1.165, 1.54) is 0 Å². The number of carbonyl (C=O) groups excluding carboxylic acids is 2. The highest BCUT2D eigenvalue weighted by atomic mass is 16.5. The van der Waals surface area contributed by atoms with Crippen molar-refractivity contribution in [2.45, 2.75) is 32.7 Å². The van der Waals surface area contributed by atoms with Gasteiger partial charge in [-0.15, -0.1) is 0 Å². The molecule has 6 heteroatoms. The van der Waals surface area contributed by atoms with E-state index in [1.54, 1.807) is 18.2 Å². The number of carbonyl (C=O) groups is 2. The minimum absolute atomic E-state index is 0.0850. The van der Waals surface area contributed by atoms with Gasteiger partial charge in [0.2, 0.25) is 5.91 Å². The maximum atomic E-state index is 12.5. The highest BCUT2D eigenvalue weighted by molar-refractivity contribution is 5.79. The smallest absolute Gasteiger partial charge is 0.310 e. The number of piperidine rings is 1. The Bertz CT molecular complexity index is 725. The van der Waals surface area contributed by atoms with Gasteiger partial charge in [-0.05, 0) is 31.9 Å². The Morgan fingerprint density at radius 3 is 3.00 bits per heavy atom. The van der Waals surface area contributed by atoms with Crippen molar-refractivity contribution in [3.8, 4) is 0 Å². The molecule has 1 aliphatic heterocycles. The van der Waals surface area contributed by atoms with Crippen molar-refractivity contribution >= 4 is 22.9 Å². The number of amides is 1. The molecular formula is C18H23N3O3. The number of aryl methyl sites for hydroxylation is 1. The molecule has 2 heterocycles. The molecule has 1 amide bonds. The Balaban J connectivity index is 1.57. The summed E-state index contributed by atoms with van der Waals surface area (Å²) in [5.74, 6) is -0.283. The lowest BCUT2D eigenvalue weighted by Crippen LogP contribution is -2.43. The van der Waals surface area contributed by atoms with E-state index in [-0.39, 0.29) is 17.8 Å². The van der Waals surface area contributed by atoms with Crippen LogP contribution < -0.4 is 0 Å². The monoisotopic (exact) mass is 329 g/mol. The molecule has 1 fully saturated rings. The summed E-state index contributed by atoms with van der Waals surface area (Å²) in [6.07, 6.45) is 3.84. The lowest BCUT2D eigenvalue weighted by atomic mass is 9.98. The second-order valence-corrected chi connectivity index (χ2v) is 6.11. The molecule has 6 nitrogen and oxygen atoms in total. The summed E-state index contributed by atoms with van der Waals surface area (Å²) in [4.78, 5) is 30.5. The molecule has 0 spiro atoms. The van der Waals surface area contributed by atoms with Crippen LogP contribution in [0.5, 0.6) is 0 Å². The van der Waals surface area contributed by atoms with Crippen molar-refractivity contribution in [3.63, 3.8) is 0 Å². The summed E-state index contributed by atoms with van der Waals surface area (Å²) in [6.45, 7) is 3.98. The van der Waals surface area contributed by atoms with Gasteiger partial charge < -0.3 is 14.2 Å². The van der Waals surface area contributed by atoms with Crippen molar-refractivity contribution in [1.29, 1.82) is 0 Å². The van der Waals surface area contributed by atoms with Crippen LogP contribution >= 0.6 is 0 Å². The Labute approximate surface area is 141 Å². The number of hydrogen-bond donors (Lipinski definition) is 0. The van der Waals surface area contributed by atoms with Gasteiger partial charge in [-0.2, -0.15) is 0 Å². The van der Waals surface area contributed by atoms with Gasteiger partial charge in [0.15, 0.2) is 0 Å². The van der Waals surface area contributed by atoms with Gasteiger partial charge in [0.25, 0.3) is 0 Å². The molecule has 24 heavy (non-hydrogen) atoms. The molecule has 0 radical (unpaired) electrons. The average Bonchev–Trinajstić information content (AvgIpc) is 3.03. The Hall–Kier alpha value is -2.37. The van der Waals surface area contributed by atoms with E-state index in [9.17, 15) is 9.59 Å². The first-order valence-corrected chi connectivity index (χ1v) is 8.53. The standard InChI is InChI=1S/C18H23N3O3/c1-2-24-18(23)14-6-5-10-20(12-14)17(22)9-11-21-13-19-15-7-3-4-8-16(15)21/h3-4,7-8,13-14H,2,5-6,9-12H2,1H3. The highest BCUT2D eigenvalue weighted by Crippen LogP contribution is 2.19. The van der Waals surface area contributed by atoms with Crippen molar-refractivity contribution in [3.05, 3.63) is 30.6 Å². The molecule has 0 aliphatic carbocycles. The largest absolute Gasteiger partial charge is 0.466 e. The van der Waals surface area contributed by atoms with Gasteiger partial charge in [-0.25, -0.2) is 4.98 Å². The van der Waals surface area contributed by atoms with E-state index in [4.69, 9.17) is 4.74 Å². The van der Waals surface area contributed by atoms with Crippen LogP contribution in [0.4, 0.5) is 0 Å². The summed E-state index contributed by atoms with van der Waals surface area (Å²) in [5.41, 5.74) is 1.97. The molecule has 0 N–H and O–H groups in total. The van der Waals surface area contributed by atoms with Crippen LogP contribution in [-0.2, 0) is 20.9 Å². The number of aromatic nitrogens is 2. The molecule has 1 saturated heterocycles. The summed E-state index contributed by atoms with van der Waals surface area (Å²) in [5, 5.41) is 0. The fourth-order valence-corrected chi connectivity index (χ4v) is 3.22. The maximum absolute atomic E-state index is 12.5. The number of para-hydroxylation sites is 2. The molecule has 0 saturated carbocycles. The first kappa shape index (κ1) is 16.5. The van der Waals surface area contributed by atoms with E-state index in [1.807, 2.05) is 28.8 Å². The third-order valence-corrected chi connectivity index (χ3v) is 4.49. The lowest BCUT2D eigenvalue weighted by molar-refractivity contribution is -0.151. The number of hydrogen-bond acceptors (Lipinski definition) is 4. The van der Waals surface area contributed by atoms with Crippen molar-refractivity contribution in [2.75, 3.05) is 19.7 Å². The van der Waals surface area contributed by atoms with Crippen LogP contribution in [0, 0.1) is 5.92 Å². The number of esters is 1. The summed E-state index contributed by atoms with van der Waals surface area (Å²) in [7, 11) is 0. The quantitative estimate of drug-likeness (QED) is 0.789. The first-order chi connectivity index (χ1) is 11.7. The number of benzene rings is 1. The highest BCUT2D eigenvalue weighted by Gasteiger charge is 2.29. The van der Waals surface area contributed by atoms with Gasteiger partial charge in [-0.3, -0.25) is 9.59 Å². The number of imidazole rings is 1. The van der Waals surface area contributed by atoms with E-state index in [0.29, 0.717) is 26.1 Å². The fourth-order valence-electron chi connectivity index (χ4n) is 3.22. The zero-order valence-electron chi connectivity index (χ0n) is 14.0. The van der Waals surface area contributed by atoms with Gasteiger partial charge in [0.1, 0.15) is 0 Å². The molecule has 128 valence electrons. The fraction of sp³-hybridized carbons (Fsp3) is 0.500. The van der Waals surface area contributed by atoms with Gasteiger partial charge in [0, 0.05) is 26.1 Å². The van der Waals surface area contributed by atoms with Crippen LogP contribution in [-0.4, -0.2) is 46.0 Å². The van der Waals surface area contributed by atoms with Crippen LogP contribution in [0.1, 0.15) is 26.2 Å². The van der Waals surface area contributed by atoms with Crippen LogP contribution in [0.2, 0.25) is 0 Å². The second kappa shape index (κ2) is 7.47. The van der Waals surface area contributed by atoms with Gasteiger partial charge >= 0.3 is 5.97 Å². The minimum atomic E-state index is -0.185. The van der Waals surface area contributed by atoms with E-state index in [0.717, 1.165) is 30.4 Å². The molecule has 1 unspecified atom stereocenters. The van der Waals surface area contributed by atoms with Crippen molar-refractivity contribution in [1.82, 2.24) is 14.5 Å². The van der Waals surface area contributed by atoms with Gasteiger partial charge in [0.05, 0.1) is 29.9 Å². The summed E-state index contributed by atoms with van der Waals surface area (Å²) < 4.78 is 7.09. The first-order valence-electron chi connectivity index (χ1n) is 8.53. The van der Waals surface area contributed by atoms with Crippen LogP contribution in [0.15, 0.2) is 30.6 Å². The van der Waals surface area contributed by atoms with Crippen molar-refractivity contribution in [2.24, 2.45) is 5.92 Å². The number of rotatable bonds is 5. The Kier molecular flexibility index (Phi) is 5.13. The zero-order valence-corrected chi connectivity index (χ0v) is 14.0. The predicted octanol–water partition coefficient (Wildman–Crippen LogP) is 2.23. The lowest BCUT2D eigenvalue weighted by Gasteiger charge is -2.31. The summed E-state index contributed by atoms with van der Waals surface area (Å²) >= 11 is 0. The predicted molar refractivity (Wildman–Crippen MR) is 90.3 cm³/mol. The molecule has 1 aromatic heterocycles. The third kappa shape index (κ3) is 3.58. The van der Waals surface area contributed by atoms with E-state index in [2.05, 4.69) is 4.98 Å². The molecule has 3 rings (SSSR count). The molecule has 1 atom stereocenters. The topological polar surface area (TPSA) is 64.4 Å². The Morgan fingerprint density at radius 1 is 1.33 bits per heavy atom. The second-order valence-electron chi connectivity index (χ2n) is 6.11. The number of likely N-dealkylation sites (tertiary alicyclic amines) is 1. The Morgan fingerprint density at radius 2 is 2.17 bits per heavy atom. The summed E-state index contributed by atoms with van der Waals surface area (Å²) in [6, 6.07) is 7.89. The zero-order chi connectivity index (χ0) is 16.9. The molecule has 0 bridgehead atoms. The number of ether oxygens (including phenoxy) is 1. The minimum Gasteiger partial charge on any atom is -0.466 e. The molecule has 2 aromatic rings. The SMILES string of the molecule is CCOC(=O)C1CCCN(C(=O)CCn2cnc3ccccc32)C1. The molecule has 1 aromatic carbocycles. The molecular weight excluding hydrogens is 306 g/mol. The number of nitrogens with zero attached hydrogens (tertiary/aromatic N) is 3.